The number of amides is 1. The molecule has 1 fully saturated rings. The number of ether oxygens (including phenoxy) is 1. The molecule has 0 saturated carbocycles. The lowest BCUT2D eigenvalue weighted by Gasteiger charge is -2.14. The van der Waals surface area contributed by atoms with Crippen molar-refractivity contribution in [1.82, 2.24) is 9.88 Å². The maximum absolute atomic E-state index is 12.5. The quantitative estimate of drug-likeness (QED) is 0.582. The van der Waals surface area contributed by atoms with E-state index >= 15 is 0 Å². The molecule has 4 rings (SSSR count). The second-order valence-corrected chi connectivity index (χ2v) is 7.51. The zero-order valence-electron chi connectivity index (χ0n) is 14.9. The molecule has 1 atom stereocenters. The van der Waals surface area contributed by atoms with Gasteiger partial charge in [0.05, 0.1) is 12.1 Å². The number of aromatic nitrogens is 1. The zero-order valence-corrected chi connectivity index (χ0v) is 16.5. The van der Waals surface area contributed by atoms with Crippen LogP contribution in [-0.2, 0) is 9.53 Å². The normalized spacial score (nSPS) is 16.5. The third-order valence-corrected chi connectivity index (χ3v) is 5.03. The largest absolute Gasteiger partial charge is 0.457 e. The average Bonchev–Trinajstić information content (AvgIpc) is 3.26. The van der Waals surface area contributed by atoms with Gasteiger partial charge in [0, 0.05) is 35.5 Å². The minimum Gasteiger partial charge on any atom is -0.457 e. The average molecular weight is 419 g/mol. The second kappa shape index (κ2) is 7.45. The van der Waals surface area contributed by atoms with Crippen molar-refractivity contribution in [3.05, 3.63) is 52.0 Å². The smallest absolute Gasteiger partial charge is 0.338 e. The molecule has 8 heteroatoms. The number of benzene rings is 2. The van der Waals surface area contributed by atoms with E-state index in [1.807, 2.05) is 0 Å². The summed E-state index contributed by atoms with van der Waals surface area (Å²) in [5.74, 6) is -0.117. The summed E-state index contributed by atoms with van der Waals surface area (Å²) in [4.78, 5) is 30.0. The van der Waals surface area contributed by atoms with Crippen LogP contribution >= 0.6 is 23.2 Å². The van der Waals surface area contributed by atoms with Gasteiger partial charge in [0.15, 0.2) is 5.58 Å². The Bertz CT molecular complexity index is 1060. The van der Waals surface area contributed by atoms with E-state index in [0.717, 1.165) is 0 Å². The van der Waals surface area contributed by atoms with Gasteiger partial charge in [-0.25, -0.2) is 9.78 Å². The molecule has 144 valence electrons. The van der Waals surface area contributed by atoms with Gasteiger partial charge in [-0.05, 0) is 36.4 Å². The molecule has 0 radical (unpaired) electrons. The molecule has 1 aliphatic rings. The van der Waals surface area contributed by atoms with Gasteiger partial charge in [0.25, 0.3) is 0 Å². The van der Waals surface area contributed by atoms with Crippen molar-refractivity contribution < 1.29 is 18.7 Å². The number of oxazole rings is 1. The number of hydrogen-bond donors (Lipinski definition) is 0. The lowest BCUT2D eigenvalue weighted by atomic mass is 10.2. The number of rotatable bonds is 3. The highest BCUT2D eigenvalue weighted by Crippen LogP contribution is 2.30. The SMILES string of the molecule is CC(=O)N1CCC(OC(=O)c2ccc3nc(-c4cc(Cl)cc(Cl)c4)oc3c2)C1. The molecule has 0 bridgehead atoms. The Kier molecular flexibility index (Phi) is 5.00. The fourth-order valence-corrected chi connectivity index (χ4v) is 3.71. The van der Waals surface area contributed by atoms with E-state index in [2.05, 4.69) is 4.98 Å². The molecule has 1 aromatic heterocycles. The first kappa shape index (κ1) is 18.8. The van der Waals surface area contributed by atoms with Crippen molar-refractivity contribution in [2.75, 3.05) is 13.1 Å². The molecule has 1 aliphatic heterocycles. The molecule has 0 aliphatic carbocycles. The number of hydrogen-bond acceptors (Lipinski definition) is 5. The predicted molar refractivity (Wildman–Crippen MR) is 106 cm³/mol. The third-order valence-electron chi connectivity index (χ3n) is 4.60. The van der Waals surface area contributed by atoms with E-state index in [4.69, 9.17) is 32.4 Å². The Hall–Kier alpha value is -2.57. The van der Waals surface area contributed by atoms with Crippen molar-refractivity contribution in [3.63, 3.8) is 0 Å². The fourth-order valence-electron chi connectivity index (χ4n) is 3.18. The first-order valence-electron chi connectivity index (χ1n) is 8.72. The van der Waals surface area contributed by atoms with Crippen molar-refractivity contribution in [1.29, 1.82) is 0 Å². The zero-order chi connectivity index (χ0) is 19.8. The molecular weight excluding hydrogens is 403 g/mol. The summed E-state index contributed by atoms with van der Waals surface area (Å²) in [6.45, 7) is 2.53. The number of nitrogens with zero attached hydrogens (tertiary/aromatic N) is 2. The molecule has 0 N–H and O–H groups in total. The first-order valence-corrected chi connectivity index (χ1v) is 9.48. The highest BCUT2D eigenvalue weighted by molar-refractivity contribution is 6.35. The minimum absolute atomic E-state index is 0.0183. The summed E-state index contributed by atoms with van der Waals surface area (Å²) < 4.78 is 11.3. The molecule has 3 aromatic rings. The van der Waals surface area contributed by atoms with Crippen LogP contribution < -0.4 is 0 Å². The number of carbonyl (C=O) groups excluding carboxylic acids is 2. The van der Waals surface area contributed by atoms with Crippen molar-refractivity contribution >= 4 is 46.2 Å². The summed E-state index contributed by atoms with van der Waals surface area (Å²) in [5, 5.41) is 0.954. The summed E-state index contributed by atoms with van der Waals surface area (Å²) in [6.07, 6.45) is 0.334. The second-order valence-electron chi connectivity index (χ2n) is 6.64. The van der Waals surface area contributed by atoms with E-state index in [9.17, 15) is 9.59 Å². The topological polar surface area (TPSA) is 72.6 Å². The van der Waals surface area contributed by atoms with Crippen molar-refractivity contribution in [3.8, 4) is 11.5 Å². The van der Waals surface area contributed by atoms with Gasteiger partial charge in [-0.2, -0.15) is 0 Å². The van der Waals surface area contributed by atoms with E-state index in [1.54, 1.807) is 41.3 Å². The Morgan fingerprint density at radius 1 is 1.18 bits per heavy atom. The van der Waals surface area contributed by atoms with Gasteiger partial charge >= 0.3 is 5.97 Å². The Balaban J connectivity index is 1.54. The van der Waals surface area contributed by atoms with Crippen LogP contribution in [0.25, 0.3) is 22.6 Å². The molecule has 1 saturated heterocycles. The van der Waals surface area contributed by atoms with Gasteiger partial charge in [0.2, 0.25) is 11.8 Å². The standard InChI is InChI=1S/C20H16Cl2N2O4/c1-11(25)24-5-4-16(10-24)27-20(26)12-2-3-17-18(8-12)28-19(23-17)13-6-14(21)9-15(22)7-13/h2-3,6-9,16H,4-5,10H2,1H3. The first-order chi connectivity index (χ1) is 13.4. The molecule has 2 heterocycles. The monoisotopic (exact) mass is 418 g/mol. The number of carbonyl (C=O) groups is 2. The van der Waals surface area contributed by atoms with Crippen molar-refractivity contribution in [2.45, 2.75) is 19.4 Å². The van der Waals surface area contributed by atoms with Gasteiger partial charge < -0.3 is 14.1 Å². The van der Waals surface area contributed by atoms with Crippen LogP contribution in [0.5, 0.6) is 0 Å². The highest BCUT2D eigenvalue weighted by atomic mass is 35.5. The maximum atomic E-state index is 12.5. The van der Waals surface area contributed by atoms with Crippen LogP contribution in [0.15, 0.2) is 40.8 Å². The van der Waals surface area contributed by atoms with Crippen LogP contribution in [0.1, 0.15) is 23.7 Å². The molecular formula is C20H16Cl2N2O4. The molecule has 28 heavy (non-hydrogen) atoms. The van der Waals surface area contributed by atoms with Crippen LogP contribution in [0.3, 0.4) is 0 Å². The van der Waals surface area contributed by atoms with E-state index in [1.165, 1.54) is 6.92 Å². The summed E-state index contributed by atoms with van der Waals surface area (Å²) in [5.41, 5.74) is 2.07. The number of halogens is 2. The molecule has 6 nitrogen and oxygen atoms in total. The lowest BCUT2D eigenvalue weighted by Crippen LogP contribution is -2.28. The van der Waals surface area contributed by atoms with Crippen LogP contribution in [-0.4, -0.2) is 41.0 Å². The Morgan fingerprint density at radius 3 is 2.61 bits per heavy atom. The third kappa shape index (κ3) is 3.84. The summed E-state index contributed by atoms with van der Waals surface area (Å²) in [6, 6.07) is 9.96. The van der Waals surface area contributed by atoms with Crippen LogP contribution in [0.4, 0.5) is 0 Å². The van der Waals surface area contributed by atoms with Gasteiger partial charge in [-0.15, -0.1) is 0 Å². The van der Waals surface area contributed by atoms with E-state index in [-0.39, 0.29) is 12.0 Å². The van der Waals surface area contributed by atoms with Crippen LogP contribution in [0, 0.1) is 0 Å². The van der Waals surface area contributed by atoms with Crippen molar-refractivity contribution in [2.24, 2.45) is 0 Å². The van der Waals surface area contributed by atoms with E-state index in [0.29, 0.717) is 57.7 Å². The van der Waals surface area contributed by atoms with Crippen LogP contribution in [0.2, 0.25) is 10.0 Å². The van der Waals surface area contributed by atoms with E-state index < -0.39 is 5.97 Å². The Morgan fingerprint density at radius 2 is 1.93 bits per heavy atom. The Labute approximate surface area is 171 Å². The predicted octanol–water partition coefficient (Wildman–Crippen LogP) is 4.58. The molecule has 0 spiro atoms. The minimum atomic E-state index is -0.457. The molecule has 1 amide bonds. The molecule has 2 aromatic carbocycles. The maximum Gasteiger partial charge on any atom is 0.338 e. The fraction of sp³-hybridized carbons (Fsp3) is 0.250. The molecule has 1 unspecified atom stereocenters. The number of fused-ring (bicyclic) bond motifs is 1. The van der Waals surface area contributed by atoms with Gasteiger partial charge in [-0.3, -0.25) is 4.79 Å². The number of likely N-dealkylation sites (tertiary alicyclic amines) is 1. The summed E-state index contributed by atoms with van der Waals surface area (Å²) >= 11 is 12.1. The lowest BCUT2D eigenvalue weighted by molar-refractivity contribution is -0.128. The highest BCUT2D eigenvalue weighted by Gasteiger charge is 2.27. The number of esters is 1. The van der Waals surface area contributed by atoms with Gasteiger partial charge in [-0.1, -0.05) is 23.2 Å². The van der Waals surface area contributed by atoms with Gasteiger partial charge in [0.1, 0.15) is 11.6 Å². The summed E-state index contributed by atoms with van der Waals surface area (Å²) in [7, 11) is 0.